The van der Waals surface area contributed by atoms with E-state index in [2.05, 4.69) is 60.1 Å². The fourth-order valence-electron chi connectivity index (χ4n) is 4.80. The molecule has 1 aliphatic rings. The van der Waals surface area contributed by atoms with Crippen molar-refractivity contribution in [3.8, 4) is 0 Å². The van der Waals surface area contributed by atoms with Crippen LogP contribution >= 0.6 is 0 Å². The van der Waals surface area contributed by atoms with Crippen LogP contribution in [0.15, 0.2) is 66.7 Å². The van der Waals surface area contributed by atoms with Gasteiger partial charge in [-0.1, -0.05) is 66.2 Å². The second-order valence-corrected chi connectivity index (χ2v) is 9.13. The van der Waals surface area contributed by atoms with Crippen LogP contribution in [-0.4, -0.2) is 47.0 Å². The Kier molecular flexibility index (Phi) is 6.01. The van der Waals surface area contributed by atoms with E-state index in [1.807, 2.05) is 42.2 Å². The highest BCUT2D eigenvalue weighted by Crippen LogP contribution is 2.26. The average molecular weight is 451 g/mol. The van der Waals surface area contributed by atoms with Gasteiger partial charge in [-0.2, -0.15) is 0 Å². The molecule has 2 heterocycles. The lowest BCUT2D eigenvalue weighted by Gasteiger charge is -2.36. The molecule has 5 rings (SSSR count). The first-order valence-corrected chi connectivity index (χ1v) is 11.9. The van der Waals surface area contributed by atoms with Gasteiger partial charge in [0.2, 0.25) is 0 Å². The number of hydrogen-bond acceptors (Lipinski definition) is 4. The first-order chi connectivity index (χ1) is 16.5. The van der Waals surface area contributed by atoms with Crippen molar-refractivity contribution in [2.24, 2.45) is 0 Å². The van der Waals surface area contributed by atoms with Gasteiger partial charge in [0.15, 0.2) is 0 Å². The summed E-state index contributed by atoms with van der Waals surface area (Å²) in [5.41, 5.74) is 5.49. The Balaban J connectivity index is 1.36. The fourth-order valence-corrected chi connectivity index (χ4v) is 4.80. The summed E-state index contributed by atoms with van der Waals surface area (Å²) in [5, 5.41) is 2.11. The molecule has 0 bridgehead atoms. The summed E-state index contributed by atoms with van der Waals surface area (Å²) in [4.78, 5) is 27.2. The maximum atomic E-state index is 13.4. The van der Waals surface area contributed by atoms with Crippen molar-refractivity contribution in [2.45, 2.75) is 27.2 Å². The highest BCUT2D eigenvalue weighted by molar-refractivity contribution is 6.07. The van der Waals surface area contributed by atoms with Crippen LogP contribution in [-0.2, 0) is 6.42 Å². The van der Waals surface area contributed by atoms with Gasteiger partial charge in [-0.25, -0.2) is 9.97 Å². The zero-order valence-corrected chi connectivity index (χ0v) is 20.1. The largest absolute Gasteiger partial charge is 0.353 e. The number of aryl methyl sites for hydroxylation is 3. The maximum absolute atomic E-state index is 13.4. The molecule has 1 aliphatic heterocycles. The van der Waals surface area contributed by atoms with E-state index < -0.39 is 0 Å². The van der Waals surface area contributed by atoms with Gasteiger partial charge in [0.05, 0.1) is 0 Å². The quantitative estimate of drug-likeness (QED) is 0.434. The number of rotatable bonds is 4. The van der Waals surface area contributed by atoms with Gasteiger partial charge < -0.3 is 9.80 Å². The fraction of sp³-hybridized carbons (Fsp3) is 0.276. The van der Waals surface area contributed by atoms with Crippen molar-refractivity contribution < 1.29 is 4.79 Å². The van der Waals surface area contributed by atoms with Gasteiger partial charge in [0, 0.05) is 49.4 Å². The minimum absolute atomic E-state index is 0.103. The van der Waals surface area contributed by atoms with E-state index in [-0.39, 0.29) is 5.91 Å². The van der Waals surface area contributed by atoms with Crippen LogP contribution in [0.5, 0.6) is 0 Å². The predicted octanol–water partition coefficient (Wildman–Crippen LogP) is 5.11. The average Bonchev–Trinajstić information content (AvgIpc) is 2.86. The smallest absolute Gasteiger partial charge is 0.254 e. The molecule has 0 saturated carbocycles. The molecule has 4 aromatic rings. The Labute approximate surface area is 201 Å². The lowest BCUT2D eigenvalue weighted by molar-refractivity contribution is 0.0748. The number of fused-ring (bicyclic) bond motifs is 1. The number of carbonyl (C=O) groups is 1. The van der Waals surface area contributed by atoms with E-state index in [1.54, 1.807) is 0 Å². The third-order valence-corrected chi connectivity index (χ3v) is 6.69. The van der Waals surface area contributed by atoms with Crippen LogP contribution in [0.2, 0.25) is 0 Å². The number of benzene rings is 3. The minimum atomic E-state index is 0.103. The van der Waals surface area contributed by atoms with Gasteiger partial charge in [0.1, 0.15) is 11.6 Å². The molecule has 3 aromatic carbocycles. The molecule has 0 atom stereocenters. The monoisotopic (exact) mass is 450 g/mol. The van der Waals surface area contributed by atoms with Crippen LogP contribution in [0, 0.1) is 20.8 Å². The number of hydrogen-bond donors (Lipinski definition) is 0. The van der Waals surface area contributed by atoms with Gasteiger partial charge >= 0.3 is 0 Å². The van der Waals surface area contributed by atoms with E-state index >= 15 is 0 Å². The molecule has 1 saturated heterocycles. The van der Waals surface area contributed by atoms with Crippen LogP contribution < -0.4 is 4.90 Å². The van der Waals surface area contributed by atoms with Gasteiger partial charge in [-0.05, 0) is 43.2 Å². The molecule has 1 fully saturated rings. The van der Waals surface area contributed by atoms with E-state index in [0.29, 0.717) is 13.1 Å². The number of piperazine rings is 1. The molecule has 172 valence electrons. The molecule has 34 heavy (non-hydrogen) atoms. The Morgan fingerprint density at radius 1 is 0.824 bits per heavy atom. The molecule has 0 N–H and O–H groups in total. The Hall–Kier alpha value is -3.73. The topological polar surface area (TPSA) is 49.3 Å². The summed E-state index contributed by atoms with van der Waals surface area (Å²) < 4.78 is 0. The summed E-state index contributed by atoms with van der Waals surface area (Å²) in [6.07, 6.45) is 0.802. The molecular formula is C29H30N4O. The van der Waals surface area contributed by atoms with E-state index in [4.69, 9.17) is 4.98 Å². The van der Waals surface area contributed by atoms with Crippen molar-refractivity contribution in [1.29, 1.82) is 0 Å². The SMILES string of the molecule is Cc1ccc(Cc2c(C)nc(C)nc2N2CCN(C(=O)c3cccc4ccccc34)CC2)cc1. The molecular weight excluding hydrogens is 420 g/mol. The molecule has 0 spiro atoms. The lowest BCUT2D eigenvalue weighted by atomic mass is 10.0. The molecule has 5 nitrogen and oxygen atoms in total. The van der Waals surface area contributed by atoms with Crippen molar-refractivity contribution in [3.63, 3.8) is 0 Å². The van der Waals surface area contributed by atoms with Crippen LogP contribution in [0.3, 0.4) is 0 Å². The molecule has 0 radical (unpaired) electrons. The normalized spacial score (nSPS) is 14.0. The summed E-state index contributed by atoms with van der Waals surface area (Å²) in [5.74, 6) is 1.89. The summed E-state index contributed by atoms with van der Waals surface area (Å²) in [6.45, 7) is 8.99. The zero-order valence-electron chi connectivity index (χ0n) is 20.1. The molecule has 1 amide bonds. The van der Waals surface area contributed by atoms with Crippen molar-refractivity contribution >= 4 is 22.5 Å². The summed E-state index contributed by atoms with van der Waals surface area (Å²) in [7, 11) is 0. The van der Waals surface area contributed by atoms with Gasteiger partial charge in [-0.3, -0.25) is 4.79 Å². The number of nitrogens with zero attached hydrogens (tertiary/aromatic N) is 4. The molecule has 0 aliphatic carbocycles. The number of carbonyl (C=O) groups excluding carboxylic acids is 1. The Bertz CT molecular complexity index is 1330. The van der Waals surface area contributed by atoms with Crippen LogP contribution in [0.25, 0.3) is 10.8 Å². The van der Waals surface area contributed by atoms with Gasteiger partial charge in [0.25, 0.3) is 5.91 Å². The maximum Gasteiger partial charge on any atom is 0.254 e. The van der Waals surface area contributed by atoms with Crippen molar-refractivity contribution in [2.75, 3.05) is 31.1 Å². The first kappa shape index (κ1) is 22.1. The molecule has 1 aromatic heterocycles. The summed E-state index contributed by atoms with van der Waals surface area (Å²) >= 11 is 0. The van der Waals surface area contributed by atoms with Crippen molar-refractivity contribution in [1.82, 2.24) is 14.9 Å². The van der Waals surface area contributed by atoms with E-state index in [9.17, 15) is 4.79 Å². The standard InChI is InChI=1S/C29H30N4O/c1-20-11-13-23(14-12-20)19-27-21(2)30-22(3)31-28(27)32-15-17-33(18-16-32)29(34)26-10-6-8-24-7-4-5-9-25(24)26/h4-14H,15-19H2,1-3H3. The number of amides is 1. The van der Waals surface area contributed by atoms with Gasteiger partial charge in [-0.15, -0.1) is 0 Å². The lowest BCUT2D eigenvalue weighted by Crippen LogP contribution is -2.49. The molecule has 5 heteroatoms. The Morgan fingerprint density at radius 3 is 2.29 bits per heavy atom. The second-order valence-electron chi connectivity index (χ2n) is 9.13. The van der Waals surface area contributed by atoms with E-state index in [0.717, 1.165) is 53.2 Å². The second kappa shape index (κ2) is 9.26. The molecule has 0 unspecified atom stereocenters. The number of aromatic nitrogens is 2. The first-order valence-electron chi connectivity index (χ1n) is 11.9. The Morgan fingerprint density at radius 2 is 1.53 bits per heavy atom. The summed E-state index contributed by atoms with van der Waals surface area (Å²) in [6, 6.07) is 22.7. The zero-order chi connectivity index (χ0) is 23.7. The van der Waals surface area contributed by atoms with E-state index in [1.165, 1.54) is 16.7 Å². The highest BCUT2D eigenvalue weighted by atomic mass is 16.2. The van der Waals surface area contributed by atoms with Crippen molar-refractivity contribution in [3.05, 3.63) is 101 Å². The van der Waals surface area contributed by atoms with Crippen LogP contribution in [0.1, 0.15) is 38.6 Å². The van der Waals surface area contributed by atoms with Crippen LogP contribution in [0.4, 0.5) is 5.82 Å². The highest BCUT2D eigenvalue weighted by Gasteiger charge is 2.26. The third-order valence-electron chi connectivity index (χ3n) is 6.69. The minimum Gasteiger partial charge on any atom is -0.353 e. The number of anilines is 1. The third kappa shape index (κ3) is 4.38. The predicted molar refractivity (Wildman–Crippen MR) is 138 cm³/mol.